The molecule has 2 heterocycles. The number of hydrogen-bond donors (Lipinski definition) is 3. The van der Waals surface area contributed by atoms with Crippen LogP contribution in [0.3, 0.4) is 0 Å². The lowest BCUT2D eigenvalue weighted by Crippen LogP contribution is -2.54. The van der Waals surface area contributed by atoms with Gasteiger partial charge in [-0.2, -0.15) is 0 Å². The Labute approximate surface area is 284 Å². The molecule has 10 nitrogen and oxygen atoms in total. The summed E-state index contributed by atoms with van der Waals surface area (Å²) in [7, 11) is 0. The predicted octanol–water partition coefficient (Wildman–Crippen LogP) is 5.67. The van der Waals surface area contributed by atoms with E-state index in [0.29, 0.717) is 37.8 Å². The number of amides is 4. The molecule has 250 valence electrons. The van der Waals surface area contributed by atoms with E-state index in [1.807, 2.05) is 54.6 Å². The van der Waals surface area contributed by atoms with Crippen molar-refractivity contribution in [2.24, 2.45) is 0 Å². The highest BCUT2D eigenvalue weighted by atomic mass is 16.5. The topological polar surface area (TPSA) is 134 Å². The number of phenols is 1. The van der Waals surface area contributed by atoms with E-state index < -0.39 is 29.7 Å². The molecule has 1 fully saturated rings. The molecule has 0 aliphatic carbocycles. The number of ether oxygens (including phenoxy) is 2. The van der Waals surface area contributed by atoms with Crippen molar-refractivity contribution in [1.29, 1.82) is 0 Å². The minimum absolute atomic E-state index is 0.0646. The molecule has 0 spiro atoms. The third-order valence-electron chi connectivity index (χ3n) is 8.60. The number of benzene rings is 4. The van der Waals surface area contributed by atoms with Crippen LogP contribution < -0.4 is 15.4 Å². The Morgan fingerprint density at radius 2 is 1.53 bits per heavy atom. The van der Waals surface area contributed by atoms with Gasteiger partial charge < -0.3 is 19.9 Å². The van der Waals surface area contributed by atoms with Crippen molar-refractivity contribution in [2.75, 3.05) is 31.7 Å². The molecule has 10 heteroatoms. The van der Waals surface area contributed by atoms with Gasteiger partial charge in [-0.1, -0.05) is 67.6 Å². The summed E-state index contributed by atoms with van der Waals surface area (Å²) in [6.07, 6.45) is 0.993. The first-order chi connectivity index (χ1) is 23.9. The summed E-state index contributed by atoms with van der Waals surface area (Å²) < 4.78 is 11.7. The van der Waals surface area contributed by atoms with Crippen molar-refractivity contribution in [1.82, 2.24) is 10.2 Å². The maximum Gasteiger partial charge on any atom is 0.264 e. The number of imide groups is 2. The van der Waals surface area contributed by atoms with Crippen LogP contribution in [0.2, 0.25) is 0 Å². The Kier molecular flexibility index (Phi) is 10.2. The molecule has 0 saturated carbocycles. The maximum atomic E-state index is 13.3. The lowest BCUT2D eigenvalue weighted by molar-refractivity contribution is -0.136. The SMILES string of the molecule is CC/C(=C(\c1ccc(O)cc1)c1ccc(OCCOCCNc2cccc3c2C(=O)N(C2CCC(=O)NC2=O)C3=O)cc1)c1ccccc1. The van der Waals surface area contributed by atoms with Crippen LogP contribution in [0.5, 0.6) is 11.5 Å². The maximum absolute atomic E-state index is 13.3. The zero-order valence-electron chi connectivity index (χ0n) is 27.1. The predicted molar refractivity (Wildman–Crippen MR) is 185 cm³/mol. The van der Waals surface area contributed by atoms with Gasteiger partial charge in [0.15, 0.2) is 0 Å². The molecule has 49 heavy (non-hydrogen) atoms. The number of aromatic hydroxyl groups is 1. The molecular weight excluding hydrogens is 622 g/mol. The molecule has 3 N–H and O–H groups in total. The summed E-state index contributed by atoms with van der Waals surface area (Å²) in [5.74, 6) is -1.24. The van der Waals surface area contributed by atoms with Crippen LogP contribution in [0.25, 0.3) is 11.1 Å². The molecule has 1 atom stereocenters. The third kappa shape index (κ3) is 7.24. The van der Waals surface area contributed by atoms with Gasteiger partial charge in [0.2, 0.25) is 11.8 Å². The highest BCUT2D eigenvalue weighted by Crippen LogP contribution is 2.36. The van der Waals surface area contributed by atoms with Crippen LogP contribution in [0.4, 0.5) is 5.69 Å². The number of nitrogens with one attached hydrogen (secondary N) is 2. The summed E-state index contributed by atoms with van der Waals surface area (Å²) in [5, 5.41) is 15.3. The fourth-order valence-corrected chi connectivity index (χ4v) is 6.27. The highest BCUT2D eigenvalue weighted by Gasteiger charge is 2.45. The molecular formula is C39H37N3O7. The van der Waals surface area contributed by atoms with Gasteiger partial charge in [0.05, 0.1) is 24.3 Å². The van der Waals surface area contributed by atoms with E-state index in [9.17, 15) is 24.3 Å². The summed E-state index contributed by atoms with van der Waals surface area (Å²) in [5.41, 5.74) is 6.39. The number of carbonyl (C=O) groups excluding carboxylic acids is 4. The van der Waals surface area contributed by atoms with E-state index in [4.69, 9.17) is 9.47 Å². The highest BCUT2D eigenvalue weighted by molar-refractivity contribution is 6.25. The van der Waals surface area contributed by atoms with E-state index in [1.165, 1.54) is 5.57 Å². The van der Waals surface area contributed by atoms with Gasteiger partial charge >= 0.3 is 0 Å². The van der Waals surface area contributed by atoms with Gasteiger partial charge in [0.25, 0.3) is 11.8 Å². The lowest BCUT2D eigenvalue weighted by Gasteiger charge is -2.27. The average molecular weight is 660 g/mol. The van der Waals surface area contributed by atoms with Crippen LogP contribution in [-0.4, -0.2) is 66.0 Å². The number of nitrogens with zero attached hydrogens (tertiary/aromatic N) is 1. The number of hydrogen-bond acceptors (Lipinski definition) is 8. The smallest absolute Gasteiger partial charge is 0.264 e. The number of rotatable bonds is 13. The third-order valence-corrected chi connectivity index (χ3v) is 8.60. The van der Waals surface area contributed by atoms with Crippen LogP contribution in [0.1, 0.15) is 63.6 Å². The molecule has 1 saturated heterocycles. The number of allylic oxidation sites excluding steroid dienone is 1. The first-order valence-corrected chi connectivity index (χ1v) is 16.3. The monoisotopic (exact) mass is 659 g/mol. The van der Waals surface area contributed by atoms with Gasteiger partial charge in [-0.3, -0.25) is 29.4 Å². The standard InChI is InChI=1S/C39H37N3O7/c1-2-30(25-7-4-3-5-8-25)35(26-11-15-28(43)16-12-26)27-13-17-29(18-14-27)49-24-23-48-22-21-40-32-10-6-9-31-36(32)39(47)42(38(31)46)33-19-20-34(44)41-37(33)45/h3-18,33,40,43H,2,19-24H2,1H3,(H,41,44,45)/b35-30-. The molecule has 4 aromatic rings. The van der Waals surface area contributed by atoms with Crippen LogP contribution >= 0.6 is 0 Å². The largest absolute Gasteiger partial charge is 0.508 e. The summed E-state index contributed by atoms with van der Waals surface area (Å²) in [6, 6.07) is 29.4. The normalized spacial score (nSPS) is 16.3. The Morgan fingerprint density at radius 1 is 0.816 bits per heavy atom. The van der Waals surface area contributed by atoms with E-state index in [2.05, 4.69) is 29.7 Å². The number of piperidine rings is 1. The Hall–Kier alpha value is -5.74. The van der Waals surface area contributed by atoms with Crippen molar-refractivity contribution < 1.29 is 33.8 Å². The second kappa shape index (κ2) is 15.0. The number of carbonyl (C=O) groups is 4. The Morgan fingerprint density at radius 3 is 2.22 bits per heavy atom. The minimum atomic E-state index is -1.02. The van der Waals surface area contributed by atoms with Gasteiger partial charge in [-0.25, -0.2) is 0 Å². The number of anilines is 1. The Bertz CT molecular complexity index is 1890. The lowest BCUT2D eigenvalue weighted by atomic mass is 9.88. The fourth-order valence-electron chi connectivity index (χ4n) is 6.27. The zero-order valence-corrected chi connectivity index (χ0v) is 27.1. The second-order valence-electron chi connectivity index (χ2n) is 11.7. The number of phenolic OH excluding ortho intramolecular Hbond substituents is 1. The molecule has 2 aliphatic rings. The van der Waals surface area contributed by atoms with Crippen LogP contribution in [0, 0.1) is 0 Å². The average Bonchev–Trinajstić information content (AvgIpc) is 3.37. The molecule has 0 bridgehead atoms. The van der Waals surface area contributed by atoms with Crippen molar-refractivity contribution in [3.05, 3.63) is 125 Å². The quantitative estimate of drug-likeness (QED) is 0.0950. The summed E-state index contributed by atoms with van der Waals surface area (Å²) in [6.45, 7) is 3.51. The number of fused-ring (bicyclic) bond motifs is 1. The summed E-state index contributed by atoms with van der Waals surface area (Å²) >= 11 is 0. The first kappa shape index (κ1) is 33.2. The molecule has 4 aromatic carbocycles. The van der Waals surface area contributed by atoms with E-state index in [-0.39, 0.29) is 29.7 Å². The minimum Gasteiger partial charge on any atom is -0.508 e. The van der Waals surface area contributed by atoms with Crippen molar-refractivity contribution in [3.8, 4) is 11.5 Å². The first-order valence-electron chi connectivity index (χ1n) is 16.3. The molecule has 6 rings (SSSR count). The van der Waals surface area contributed by atoms with Gasteiger partial charge in [-0.15, -0.1) is 0 Å². The van der Waals surface area contributed by atoms with Crippen molar-refractivity contribution in [3.63, 3.8) is 0 Å². The molecule has 4 amide bonds. The van der Waals surface area contributed by atoms with Crippen molar-refractivity contribution in [2.45, 2.75) is 32.2 Å². The van der Waals surface area contributed by atoms with E-state index in [0.717, 1.165) is 33.6 Å². The van der Waals surface area contributed by atoms with E-state index in [1.54, 1.807) is 30.3 Å². The van der Waals surface area contributed by atoms with Gasteiger partial charge in [-0.05, 0) is 77.1 Å². The second-order valence-corrected chi connectivity index (χ2v) is 11.7. The van der Waals surface area contributed by atoms with Crippen LogP contribution in [0.15, 0.2) is 97.1 Å². The molecule has 0 aromatic heterocycles. The Balaban J connectivity index is 1.02. The zero-order chi connectivity index (χ0) is 34.3. The van der Waals surface area contributed by atoms with E-state index >= 15 is 0 Å². The summed E-state index contributed by atoms with van der Waals surface area (Å²) in [4.78, 5) is 51.2. The molecule has 0 radical (unpaired) electrons. The molecule has 1 unspecified atom stereocenters. The van der Waals surface area contributed by atoms with Crippen LogP contribution in [-0.2, 0) is 14.3 Å². The van der Waals surface area contributed by atoms with Gasteiger partial charge in [0.1, 0.15) is 24.1 Å². The van der Waals surface area contributed by atoms with Crippen molar-refractivity contribution >= 4 is 40.5 Å². The van der Waals surface area contributed by atoms with Gasteiger partial charge in [0, 0.05) is 18.7 Å². The molecule has 2 aliphatic heterocycles. The fraction of sp³-hybridized carbons (Fsp3) is 0.231.